The van der Waals surface area contributed by atoms with Crippen molar-refractivity contribution in [3.05, 3.63) is 0 Å². The van der Waals surface area contributed by atoms with E-state index in [0.717, 1.165) is 19.6 Å². The normalized spacial score (nSPS) is 23.9. The van der Waals surface area contributed by atoms with E-state index in [9.17, 15) is 4.79 Å². The molecule has 0 aromatic carbocycles. The van der Waals surface area contributed by atoms with Crippen LogP contribution in [-0.4, -0.2) is 49.1 Å². The lowest BCUT2D eigenvalue weighted by atomic mass is 10.2. The van der Waals surface area contributed by atoms with Gasteiger partial charge in [-0.05, 0) is 20.8 Å². The summed E-state index contributed by atoms with van der Waals surface area (Å²) >= 11 is 0. The first kappa shape index (κ1) is 11.5. The van der Waals surface area contributed by atoms with Crippen molar-refractivity contribution in [3.8, 4) is 0 Å². The second-order valence-electron chi connectivity index (χ2n) is 4.31. The topological polar surface area (TPSA) is 44.4 Å². The van der Waals surface area contributed by atoms with Crippen LogP contribution >= 0.6 is 0 Å². The Balaban J connectivity index is 2.25. The molecule has 0 aliphatic carbocycles. The zero-order valence-electron chi connectivity index (χ0n) is 9.34. The number of piperazine rings is 1. The predicted octanol–water partition coefficient (Wildman–Crippen LogP) is -0.195. The van der Waals surface area contributed by atoms with Crippen LogP contribution in [0.3, 0.4) is 0 Å². The molecule has 4 heteroatoms. The van der Waals surface area contributed by atoms with Crippen molar-refractivity contribution in [2.45, 2.75) is 32.9 Å². The van der Waals surface area contributed by atoms with Gasteiger partial charge in [-0.2, -0.15) is 0 Å². The third kappa shape index (κ3) is 4.07. The Labute approximate surface area is 86.0 Å². The number of amides is 1. The molecule has 4 nitrogen and oxygen atoms in total. The molecule has 1 aliphatic heterocycles. The molecule has 0 aromatic heterocycles. The Kier molecular flexibility index (Phi) is 4.35. The SMILES string of the molecule is CC(C)NC(=O)CN1CCNC(C)C1. The fraction of sp³-hybridized carbons (Fsp3) is 0.900. The van der Waals surface area contributed by atoms with Gasteiger partial charge in [-0.1, -0.05) is 0 Å². The summed E-state index contributed by atoms with van der Waals surface area (Å²) in [5.41, 5.74) is 0. The molecule has 1 heterocycles. The van der Waals surface area contributed by atoms with Gasteiger partial charge in [0.1, 0.15) is 0 Å². The summed E-state index contributed by atoms with van der Waals surface area (Å²) in [7, 11) is 0. The number of carbonyl (C=O) groups is 1. The molecule has 14 heavy (non-hydrogen) atoms. The van der Waals surface area contributed by atoms with E-state index >= 15 is 0 Å². The quantitative estimate of drug-likeness (QED) is 0.662. The summed E-state index contributed by atoms with van der Waals surface area (Å²) in [4.78, 5) is 13.6. The second kappa shape index (κ2) is 5.32. The van der Waals surface area contributed by atoms with Crippen LogP contribution in [0, 0.1) is 0 Å². The summed E-state index contributed by atoms with van der Waals surface area (Å²) in [6.45, 7) is 9.56. The van der Waals surface area contributed by atoms with Gasteiger partial charge in [-0.3, -0.25) is 9.69 Å². The Hall–Kier alpha value is -0.610. The van der Waals surface area contributed by atoms with E-state index < -0.39 is 0 Å². The lowest BCUT2D eigenvalue weighted by Gasteiger charge is -2.31. The van der Waals surface area contributed by atoms with Crippen molar-refractivity contribution in [1.82, 2.24) is 15.5 Å². The number of nitrogens with zero attached hydrogens (tertiary/aromatic N) is 1. The molecule has 1 unspecified atom stereocenters. The Morgan fingerprint density at radius 2 is 2.36 bits per heavy atom. The lowest BCUT2D eigenvalue weighted by molar-refractivity contribution is -0.123. The first-order valence-electron chi connectivity index (χ1n) is 5.33. The number of hydrogen-bond acceptors (Lipinski definition) is 3. The summed E-state index contributed by atoms with van der Waals surface area (Å²) < 4.78 is 0. The molecule has 2 N–H and O–H groups in total. The Morgan fingerprint density at radius 3 is 2.93 bits per heavy atom. The van der Waals surface area contributed by atoms with E-state index in [0.29, 0.717) is 12.6 Å². The largest absolute Gasteiger partial charge is 0.353 e. The van der Waals surface area contributed by atoms with E-state index in [-0.39, 0.29) is 11.9 Å². The predicted molar refractivity (Wildman–Crippen MR) is 57.2 cm³/mol. The zero-order chi connectivity index (χ0) is 10.6. The van der Waals surface area contributed by atoms with Crippen LogP contribution in [0.2, 0.25) is 0 Å². The van der Waals surface area contributed by atoms with Crippen LogP contribution in [0.1, 0.15) is 20.8 Å². The van der Waals surface area contributed by atoms with Gasteiger partial charge < -0.3 is 10.6 Å². The highest BCUT2D eigenvalue weighted by Crippen LogP contribution is 1.97. The summed E-state index contributed by atoms with van der Waals surface area (Å²) in [5.74, 6) is 0.133. The highest BCUT2D eigenvalue weighted by Gasteiger charge is 2.17. The van der Waals surface area contributed by atoms with E-state index in [1.165, 1.54) is 0 Å². The molecule has 0 aromatic rings. The summed E-state index contributed by atoms with van der Waals surface area (Å²) in [6, 6.07) is 0.735. The van der Waals surface area contributed by atoms with Gasteiger partial charge in [0.2, 0.25) is 5.91 Å². The standard InChI is InChI=1S/C10H21N3O/c1-8(2)12-10(14)7-13-5-4-11-9(3)6-13/h8-9,11H,4-7H2,1-3H3,(H,12,14). The highest BCUT2D eigenvalue weighted by atomic mass is 16.2. The first-order valence-corrected chi connectivity index (χ1v) is 5.33. The first-order chi connectivity index (χ1) is 6.58. The second-order valence-corrected chi connectivity index (χ2v) is 4.31. The third-order valence-corrected chi connectivity index (χ3v) is 2.27. The summed E-state index contributed by atoms with van der Waals surface area (Å²) in [5, 5.41) is 6.26. The molecule has 1 amide bonds. The van der Waals surface area contributed by atoms with E-state index in [1.807, 2.05) is 13.8 Å². The van der Waals surface area contributed by atoms with Gasteiger partial charge in [-0.15, -0.1) is 0 Å². The number of carbonyl (C=O) groups excluding carboxylic acids is 1. The lowest BCUT2D eigenvalue weighted by Crippen LogP contribution is -2.52. The average Bonchev–Trinajstić information content (AvgIpc) is 2.01. The van der Waals surface area contributed by atoms with Crippen LogP contribution in [0.5, 0.6) is 0 Å². The number of rotatable bonds is 3. The zero-order valence-corrected chi connectivity index (χ0v) is 9.34. The molecular formula is C10H21N3O. The van der Waals surface area contributed by atoms with Crippen molar-refractivity contribution in [2.24, 2.45) is 0 Å². The van der Waals surface area contributed by atoms with Gasteiger partial charge >= 0.3 is 0 Å². The van der Waals surface area contributed by atoms with Crippen LogP contribution in [-0.2, 0) is 4.79 Å². The molecule has 0 saturated carbocycles. The molecule has 1 fully saturated rings. The molecule has 0 spiro atoms. The molecule has 0 radical (unpaired) electrons. The molecule has 1 atom stereocenters. The smallest absolute Gasteiger partial charge is 0.234 e. The maximum atomic E-state index is 11.5. The van der Waals surface area contributed by atoms with Crippen molar-refractivity contribution in [1.29, 1.82) is 0 Å². The fourth-order valence-corrected chi connectivity index (χ4v) is 1.73. The molecular weight excluding hydrogens is 178 g/mol. The van der Waals surface area contributed by atoms with Crippen molar-refractivity contribution in [3.63, 3.8) is 0 Å². The van der Waals surface area contributed by atoms with Gasteiger partial charge in [0.15, 0.2) is 0 Å². The van der Waals surface area contributed by atoms with Crippen LogP contribution in [0.4, 0.5) is 0 Å². The van der Waals surface area contributed by atoms with Gasteiger partial charge in [0.25, 0.3) is 0 Å². The maximum absolute atomic E-state index is 11.5. The van der Waals surface area contributed by atoms with E-state index in [1.54, 1.807) is 0 Å². The minimum absolute atomic E-state index is 0.133. The van der Waals surface area contributed by atoms with Crippen molar-refractivity contribution in [2.75, 3.05) is 26.2 Å². The monoisotopic (exact) mass is 199 g/mol. The average molecular weight is 199 g/mol. The molecule has 0 bridgehead atoms. The van der Waals surface area contributed by atoms with E-state index in [2.05, 4.69) is 22.5 Å². The molecule has 82 valence electrons. The van der Waals surface area contributed by atoms with Crippen molar-refractivity contribution >= 4 is 5.91 Å². The van der Waals surface area contributed by atoms with Crippen molar-refractivity contribution < 1.29 is 4.79 Å². The Morgan fingerprint density at radius 1 is 1.64 bits per heavy atom. The van der Waals surface area contributed by atoms with Gasteiger partial charge in [-0.25, -0.2) is 0 Å². The molecule has 1 aliphatic rings. The van der Waals surface area contributed by atoms with Crippen LogP contribution in [0.25, 0.3) is 0 Å². The Bertz CT molecular complexity index is 194. The van der Waals surface area contributed by atoms with E-state index in [4.69, 9.17) is 0 Å². The minimum Gasteiger partial charge on any atom is -0.353 e. The molecule has 1 rings (SSSR count). The highest BCUT2D eigenvalue weighted by molar-refractivity contribution is 5.78. The number of hydrogen-bond donors (Lipinski definition) is 2. The summed E-state index contributed by atoms with van der Waals surface area (Å²) in [6.07, 6.45) is 0. The maximum Gasteiger partial charge on any atom is 0.234 e. The number of nitrogens with one attached hydrogen (secondary N) is 2. The van der Waals surface area contributed by atoms with Gasteiger partial charge in [0, 0.05) is 31.7 Å². The molecule has 1 saturated heterocycles. The minimum atomic E-state index is 0.133. The van der Waals surface area contributed by atoms with Crippen LogP contribution < -0.4 is 10.6 Å². The third-order valence-electron chi connectivity index (χ3n) is 2.27. The van der Waals surface area contributed by atoms with Crippen LogP contribution in [0.15, 0.2) is 0 Å². The van der Waals surface area contributed by atoms with Gasteiger partial charge in [0.05, 0.1) is 6.54 Å². The fourth-order valence-electron chi connectivity index (χ4n) is 1.73.